The van der Waals surface area contributed by atoms with Crippen molar-refractivity contribution in [1.29, 1.82) is 0 Å². The average molecular weight is 392 g/mol. The summed E-state index contributed by atoms with van der Waals surface area (Å²) in [5.74, 6) is 0.400. The Balaban J connectivity index is 1.42. The Morgan fingerprint density at radius 2 is 1.89 bits per heavy atom. The Bertz CT molecular complexity index is 654. The molecule has 2 amide bonds. The highest BCUT2D eigenvalue weighted by Gasteiger charge is 2.35. The lowest BCUT2D eigenvalue weighted by Gasteiger charge is -2.32. The summed E-state index contributed by atoms with van der Waals surface area (Å²) < 4.78 is 0. The Morgan fingerprint density at radius 1 is 1.22 bits per heavy atom. The van der Waals surface area contributed by atoms with Gasteiger partial charge in [-0.25, -0.2) is 0 Å². The molecule has 148 valence electrons. The van der Waals surface area contributed by atoms with Gasteiger partial charge >= 0.3 is 0 Å². The smallest absolute Gasteiger partial charge is 0.225 e. The van der Waals surface area contributed by atoms with Crippen LogP contribution in [0.25, 0.3) is 0 Å². The summed E-state index contributed by atoms with van der Waals surface area (Å²) in [5.41, 5.74) is 1.26. The third-order valence-electron chi connectivity index (χ3n) is 5.42. The maximum absolute atomic E-state index is 12.6. The maximum atomic E-state index is 12.6. The fraction of sp³-hybridized carbons (Fsp3) is 0.619. The lowest BCUT2D eigenvalue weighted by atomic mass is 10.0. The molecule has 0 saturated carbocycles. The van der Waals surface area contributed by atoms with Gasteiger partial charge in [-0.2, -0.15) is 0 Å². The van der Waals surface area contributed by atoms with Gasteiger partial charge in [0, 0.05) is 50.2 Å². The van der Waals surface area contributed by atoms with E-state index in [1.165, 1.54) is 5.56 Å². The predicted molar refractivity (Wildman–Crippen MR) is 107 cm³/mol. The average Bonchev–Trinajstić information content (AvgIpc) is 2.99. The highest BCUT2D eigenvalue weighted by molar-refractivity contribution is 6.30. The first-order chi connectivity index (χ1) is 12.9. The van der Waals surface area contributed by atoms with Crippen molar-refractivity contribution >= 4 is 23.4 Å². The van der Waals surface area contributed by atoms with E-state index in [-0.39, 0.29) is 23.8 Å². The minimum Gasteiger partial charge on any atom is -0.353 e. The molecule has 6 heteroatoms. The van der Waals surface area contributed by atoms with Gasteiger partial charge in [0.1, 0.15) is 0 Å². The zero-order valence-electron chi connectivity index (χ0n) is 16.3. The molecule has 1 atom stereocenters. The van der Waals surface area contributed by atoms with E-state index in [9.17, 15) is 9.59 Å². The first-order valence-corrected chi connectivity index (χ1v) is 10.3. The number of hydrogen-bond acceptors (Lipinski definition) is 3. The van der Waals surface area contributed by atoms with Crippen molar-refractivity contribution < 1.29 is 9.59 Å². The fourth-order valence-corrected chi connectivity index (χ4v) is 4.09. The first kappa shape index (κ1) is 20.2. The van der Waals surface area contributed by atoms with Crippen molar-refractivity contribution in [1.82, 2.24) is 15.1 Å². The van der Waals surface area contributed by atoms with Crippen LogP contribution in [0.2, 0.25) is 5.02 Å². The van der Waals surface area contributed by atoms with Crippen LogP contribution < -0.4 is 5.32 Å². The fourth-order valence-electron chi connectivity index (χ4n) is 3.97. The van der Waals surface area contributed by atoms with E-state index in [0.717, 1.165) is 44.0 Å². The normalized spacial score (nSPS) is 21.9. The lowest BCUT2D eigenvalue weighted by molar-refractivity contribution is -0.129. The lowest BCUT2D eigenvalue weighted by Crippen LogP contribution is -2.46. The van der Waals surface area contributed by atoms with Crippen LogP contribution in [0, 0.1) is 11.8 Å². The summed E-state index contributed by atoms with van der Waals surface area (Å²) in [5, 5.41) is 3.95. The Labute approximate surface area is 167 Å². The molecule has 0 unspecified atom stereocenters. The summed E-state index contributed by atoms with van der Waals surface area (Å²) in [6.07, 6.45) is 2.26. The van der Waals surface area contributed by atoms with E-state index in [0.29, 0.717) is 18.9 Å². The largest absolute Gasteiger partial charge is 0.353 e. The summed E-state index contributed by atoms with van der Waals surface area (Å²) >= 11 is 5.94. The van der Waals surface area contributed by atoms with Gasteiger partial charge in [-0.1, -0.05) is 37.6 Å². The van der Waals surface area contributed by atoms with E-state index >= 15 is 0 Å². The quantitative estimate of drug-likeness (QED) is 0.811. The molecule has 3 rings (SSSR count). The molecule has 2 aliphatic heterocycles. The highest BCUT2D eigenvalue weighted by Crippen LogP contribution is 2.21. The van der Waals surface area contributed by atoms with Gasteiger partial charge in [0.25, 0.3) is 0 Å². The number of benzene rings is 1. The monoisotopic (exact) mass is 391 g/mol. The molecule has 1 N–H and O–H groups in total. The molecule has 0 radical (unpaired) electrons. The molecular weight excluding hydrogens is 362 g/mol. The van der Waals surface area contributed by atoms with Crippen molar-refractivity contribution in [3.05, 3.63) is 34.9 Å². The Morgan fingerprint density at radius 3 is 2.52 bits per heavy atom. The van der Waals surface area contributed by atoms with Gasteiger partial charge in [0.05, 0.1) is 5.92 Å². The van der Waals surface area contributed by atoms with Gasteiger partial charge in [0.15, 0.2) is 0 Å². The molecule has 2 aliphatic rings. The second-order valence-electron chi connectivity index (χ2n) is 8.28. The topological polar surface area (TPSA) is 52.7 Å². The number of likely N-dealkylation sites (tertiary alicyclic amines) is 2. The van der Waals surface area contributed by atoms with Gasteiger partial charge in [-0.15, -0.1) is 0 Å². The van der Waals surface area contributed by atoms with Crippen LogP contribution in [0.3, 0.4) is 0 Å². The predicted octanol–water partition coefficient (Wildman–Crippen LogP) is 2.93. The maximum Gasteiger partial charge on any atom is 0.225 e. The third kappa shape index (κ3) is 5.69. The Kier molecular flexibility index (Phi) is 6.77. The number of halogens is 1. The molecule has 2 fully saturated rings. The van der Waals surface area contributed by atoms with E-state index < -0.39 is 0 Å². The van der Waals surface area contributed by atoms with Gasteiger partial charge in [-0.05, 0) is 36.5 Å². The number of rotatable bonds is 6. The summed E-state index contributed by atoms with van der Waals surface area (Å²) in [4.78, 5) is 28.9. The zero-order valence-corrected chi connectivity index (χ0v) is 17.0. The zero-order chi connectivity index (χ0) is 19.4. The van der Waals surface area contributed by atoms with Gasteiger partial charge in [0.2, 0.25) is 11.8 Å². The number of piperidine rings is 1. The number of carbonyl (C=O) groups is 2. The molecular formula is C21H30ClN3O2. The van der Waals surface area contributed by atoms with Gasteiger partial charge in [-0.3, -0.25) is 14.5 Å². The Hall–Kier alpha value is -1.59. The molecule has 5 nitrogen and oxygen atoms in total. The number of amides is 2. The van der Waals surface area contributed by atoms with Crippen molar-refractivity contribution in [2.75, 3.05) is 26.2 Å². The van der Waals surface area contributed by atoms with E-state index in [2.05, 4.69) is 36.2 Å². The summed E-state index contributed by atoms with van der Waals surface area (Å²) in [7, 11) is 0. The summed E-state index contributed by atoms with van der Waals surface area (Å²) in [6.45, 7) is 8.35. The number of nitrogens with zero attached hydrogens (tertiary/aromatic N) is 2. The van der Waals surface area contributed by atoms with Crippen LogP contribution >= 0.6 is 11.6 Å². The molecule has 2 saturated heterocycles. The van der Waals surface area contributed by atoms with Crippen LogP contribution in [-0.4, -0.2) is 53.8 Å². The minimum atomic E-state index is -0.191. The number of nitrogens with one attached hydrogen (secondary N) is 1. The van der Waals surface area contributed by atoms with Crippen LogP contribution in [0.4, 0.5) is 0 Å². The van der Waals surface area contributed by atoms with Crippen LogP contribution in [0.1, 0.15) is 38.7 Å². The minimum absolute atomic E-state index is 0.0470. The van der Waals surface area contributed by atoms with Crippen molar-refractivity contribution in [3.8, 4) is 0 Å². The third-order valence-corrected chi connectivity index (χ3v) is 5.68. The van der Waals surface area contributed by atoms with Crippen molar-refractivity contribution in [3.63, 3.8) is 0 Å². The molecule has 1 aromatic rings. The standard InChI is InChI=1S/C21H30ClN3O2/c1-15(2)12-25-14-17(11-20(25)26)21(27)23-19-7-9-24(10-8-19)13-16-3-5-18(22)6-4-16/h3-6,15,17,19H,7-14H2,1-2H3,(H,23,27)/t17-/m1/s1. The van der Waals surface area contributed by atoms with E-state index in [1.54, 1.807) is 0 Å². The molecule has 0 aromatic heterocycles. The molecule has 0 spiro atoms. The summed E-state index contributed by atoms with van der Waals surface area (Å²) in [6, 6.07) is 8.20. The second kappa shape index (κ2) is 9.07. The second-order valence-corrected chi connectivity index (χ2v) is 8.72. The molecule has 1 aromatic carbocycles. The molecule has 2 heterocycles. The van der Waals surface area contributed by atoms with Crippen molar-refractivity contribution in [2.24, 2.45) is 11.8 Å². The van der Waals surface area contributed by atoms with Crippen LogP contribution in [0.15, 0.2) is 24.3 Å². The van der Waals surface area contributed by atoms with E-state index in [4.69, 9.17) is 11.6 Å². The van der Waals surface area contributed by atoms with E-state index in [1.807, 2.05) is 17.0 Å². The molecule has 27 heavy (non-hydrogen) atoms. The molecule has 0 aliphatic carbocycles. The highest BCUT2D eigenvalue weighted by atomic mass is 35.5. The molecule has 0 bridgehead atoms. The van der Waals surface area contributed by atoms with Crippen LogP contribution in [0.5, 0.6) is 0 Å². The first-order valence-electron chi connectivity index (χ1n) is 9.95. The van der Waals surface area contributed by atoms with Crippen molar-refractivity contribution in [2.45, 2.75) is 45.7 Å². The van der Waals surface area contributed by atoms with Crippen LogP contribution in [-0.2, 0) is 16.1 Å². The van der Waals surface area contributed by atoms with Gasteiger partial charge < -0.3 is 10.2 Å². The SMILES string of the molecule is CC(C)CN1C[C@H](C(=O)NC2CCN(Cc3ccc(Cl)cc3)CC2)CC1=O. The number of hydrogen-bond donors (Lipinski definition) is 1. The number of carbonyl (C=O) groups excluding carboxylic acids is 2.